The molecule has 0 radical (unpaired) electrons. The van der Waals surface area contributed by atoms with Crippen molar-refractivity contribution in [3.63, 3.8) is 0 Å². The van der Waals surface area contributed by atoms with Gasteiger partial charge in [-0.25, -0.2) is 4.79 Å². The van der Waals surface area contributed by atoms with Gasteiger partial charge in [0, 0.05) is 12.1 Å². The molecule has 0 aliphatic heterocycles. The molecule has 1 N–H and O–H groups in total. The normalized spacial score (nSPS) is 21.1. The highest BCUT2D eigenvalue weighted by Crippen LogP contribution is 2.35. The smallest absolute Gasteiger partial charge is 0.342 e. The Hall–Kier alpha value is -1.95. The van der Waals surface area contributed by atoms with Crippen molar-refractivity contribution < 1.29 is 28.8 Å². The second-order valence-electron chi connectivity index (χ2n) is 5.20. The number of methoxy groups -OCH3 is 3. The van der Waals surface area contributed by atoms with E-state index in [1.54, 1.807) is 6.07 Å². The molecule has 0 bridgehead atoms. The topological polar surface area (TPSA) is 74.2 Å². The Bertz CT molecular complexity index is 528. The molecule has 22 heavy (non-hydrogen) atoms. The molecule has 2 rings (SSSR count). The standard InChI is InChI=1S/C16H22O6/c1-19-13-9-15(21-3)14(20-2)8-10(13)16(18)22-12-7-5-4-6-11(12)17/h8-9,11-12,17H,4-7H2,1-3H3/t11-,12+/m0/s1. The van der Waals surface area contributed by atoms with E-state index in [1.807, 2.05) is 0 Å². The van der Waals surface area contributed by atoms with Gasteiger partial charge in [-0.2, -0.15) is 0 Å². The number of hydrogen-bond acceptors (Lipinski definition) is 6. The molecule has 2 atom stereocenters. The molecule has 1 aliphatic carbocycles. The monoisotopic (exact) mass is 310 g/mol. The maximum atomic E-state index is 12.4. The van der Waals surface area contributed by atoms with Crippen molar-refractivity contribution in [2.75, 3.05) is 21.3 Å². The summed E-state index contributed by atoms with van der Waals surface area (Å²) in [6, 6.07) is 3.10. The van der Waals surface area contributed by atoms with Gasteiger partial charge in [-0.15, -0.1) is 0 Å². The van der Waals surface area contributed by atoms with Gasteiger partial charge in [-0.3, -0.25) is 0 Å². The van der Waals surface area contributed by atoms with E-state index >= 15 is 0 Å². The molecule has 0 aromatic heterocycles. The second-order valence-corrected chi connectivity index (χ2v) is 5.20. The molecular weight excluding hydrogens is 288 g/mol. The lowest BCUT2D eigenvalue weighted by molar-refractivity contribution is -0.0362. The lowest BCUT2D eigenvalue weighted by Gasteiger charge is -2.27. The quantitative estimate of drug-likeness (QED) is 0.840. The summed E-state index contributed by atoms with van der Waals surface area (Å²) in [5.74, 6) is 0.685. The molecule has 1 saturated carbocycles. The van der Waals surface area contributed by atoms with Crippen molar-refractivity contribution in [1.82, 2.24) is 0 Å². The fraction of sp³-hybridized carbons (Fsp3) is 0.562. The Labute approximate surface area is 129 Å². The van der Waals surface area contributed by atoms with Gasteiger partial charge in [-0.05, 0) is 19.3 Å². The molecule has 6 heteroatoms. The summed E-state index contributed by atoms with van der Waals surface area (Å²) in [5.41, 5.74) is 0.248. The SMILES string of the molecule is COc1cc(OC)c(C(=O)O[C@@H]2CCCC[C@@H]2O)cc1OC. The Balaban J connectivity index is 2.24. The van der Waals surface area contributed by atoms with Crippen LogP contribution in [0.25, 0.3) is 0 Å². The molecule has 0 spiro atoms. The minimum absolute atomic E-state index is 0.248. The highest BCUT2D eigenvalue weighted by atomic mass is 16.6. The average molecular weight is 310 g/mol. The number of esters is 1. The van der Waals surface area contributed by atoms with E-state index in [9.17, 15) is 9.90 Å². The molecule has 1 aromatic carbocycles. The van der Waals surface area contributed by atoms with E-state index in [2.05, 4.69) is 0 Å². The fourth-order valence-corrected chi connectivity index (χ4v) is 2.60. The third-order valence-electron chi connectivity index (χ3n) is 3.85. The average Bonchev–Trinajstić information content (AvgIpc) is 2.55. The first-order valence-electron chi connectivity index (χ1n) is 7.29. The molecule has 1 aliphatic rings. The van der Waals surface area contributed by atoms with Crippen LogP contribution >= 0.6 is 0 Å². The van der Waals surface area contributed by atoms with Gasteiger partial charge < -0.3 is 24.1 Å². The summed E-state index contributed by atoms with van der Waals surface area (Å²) in [5, 5.41) is 9.92. The summed E-state index contributed by atoms with van der Waals surface area (Å²) in [4.78, 5) is 12.4. The number of aliphatic hydroxyl groups excluding tert-OH is 1. The maximum Gasteiger partial charge on any atom is 0.342 e. The maximum absolute atomic E-state index is 12.4. The summed E-state index contributed by atoms with van der Waals surface area (Å²) >= 11 is 0. The van der Waals surface area contributed by atoms with Crippen molar-refractivity contribution in [3.8, 4) is 17.2 Å². The zero-order valence-electron chi connectivity index (χ0n) is 13.1. The van der Waals surface area contributed by atoms with E-state index in [-0.39, 0.29) is 5.56 Å². The fourth-order valence-electron chi connectivity index (χ4n) is 2.60. The van der Waals surface area contributed by atoms with Gasteiger partial charge in [0.1, 0.15) is 17.4 Å². The zero-order chi connectivity index (χ0) is 16.1. The number of carbonyl (C=O) groups is 1. The van der Waals surface area contributed by atoms with Crippen LogP contribution in [0.1, 0.15) is 36.0 Å². The molecule has 122 valence electrons. The molecule has 0 unspecified atom stereocenters. The Morgan fingerprint density at radius 3 is 2.18 bits per heavy atom. The minimum atomic E-state index is -0.608. The van der Waals surface area contributed by atoms with Crippen molar-refractivity contribution >= 4 is 5.97 Å². The summed E-state index contributed by atoms with van der Waals surface area (Å²) in [6.45, 7) is 0. The first-order valence-corrected chi connectivity index (χ1v) is 7.29. The van der Waals surface area contributed by atoms with Gasteiger partial charge >= 0.3 is 5.97 Å². The van der Waals surface area contributed by atoms with Crippen LogP contribution in [0.15, 0.2) is 12.1 Å². The van der Waals surface area contributed by atoms with Crippen molar-refractivity contribution in [1.29, 1.82) is 0 Å². The molecular formula is C16H22O6. The lowest BCUT2D eigenvalue weighted by atomic mass is 9.95. The van der Waals surface area contributed by atoms with E-state index < -0.39 is 18.2 Å². The predicted octanol–water partition coefficient (Wildman–Crippen LogP) is 2.17. The number of benzene rings is 1. The molecule has 1 fully saturated rings. The van der Waals surface area contributed by atoms with E-state index in [1.165, 1.54) is 27.4 Å². The summed E-state index contributed by atoms with van der Waals surface area (Å²) in [6.07, 6.45) is 2.14. The Morgan fingerprint density at radius 2 is 1.59 bits per heavy atom. The Kier molecular flexibility index (Phi) is 5.49. The van der Waals surface area contributed by atoms with Gasteiger partial charge in [0.05, 0.1) is 27.4 Å². The molecule has 0 saturated heterocycles. The zero-order valence-corrected chi connectivity index (χ0v) is 13.1. The first kappa shape index (κ1) is 16.4. The number of aliphatic hydroxyl groups is 1. The van der Waals surface area contributed by atoms with Crippen molar-refractivity contribution in [3.05, 3.63) is 17.7 Å². The number of rotatable bonds is 5. The van der Waals surface area contributed by atoms with E-state index in [0.29, 0.717) is 30.1 Å². The molecule has 1 aromatic rings. The predicted molar refractivity (Wildman–Crippen MR) is 79.8 cm³/mol. The largest absolute Gasteiger partial charge is 0.496 e. The van der Waals surface area contributed by atoms with Crippen LogP contribution in [-0.2, 0) is 4.74 Å². The lowest BCUT2D eigenvalue weighted by Crippen LogP contribution is -2.34. The number of ether oxygens (including phenoxy) is 4. The summed E-state index contributed by atoms with van der Waals surface area (Å²) in [7, 11) is 4.46. The van der Waals surface area contributed by atoms with Crippen LogP contribution in [0.3, 0.4) is 0 Å². The van der Waals surface area contributed by atoms with Crippen LogP contribution in [0.2, 0.25) is 0 Å². The van der Waals surface area contributed by atoms with Gasteiger partial charge in [0.15, 0.2) is 11.5 Å². The van der Waals surface area contributed by atoms with Crippen molar-refractivity contribution in [2.24, 2.45) is 0 Å². The highest BCUT2D eigenvalue weighted by Gasteiger charge is 2.28. The van der Waals surface area contributed by atoms with Crippen LogP contribution < -0.4 is 14.2 Å². The van der Waals surface area contributed by atoms with E-state index in [4.69, 9.17) is 18.9 Å². The van der Waals surface area contributed by atoms with Crippen LogP contribution in [0.5, 0.6) is 17.2 Å². The second kappa shape index (κ2) is 7.35. The first-order chi connectivity index (χ1) is 10.6. The minimum Gasteiger partial charge on any atom is -0.496 e. The van der Waals surface area contributed by atoms with Crippen LogP contribution in [0, 0.1) is 0 Å². The van der Waals surface area contributed by atoms with Crippen LogP contribution in [-0.4, -0.2) is 44.6 Å². The molecule has 0 amide bonds. The summed E-state index contributed by atoms with van der Waals surface area (Å²) < 4.78 is 21.0. The van der Waals surface area contributed by atoms with Gasteiger partial charge in [-0.1, -0.05) is 6.42 Å². The highest BCUT2D eigenvalue weighted by molar-refractivity contribution is 5.93. The van der Waals surface area contributed by atoms with Crippen molar-refractivity contribution in [2.45, 2.75) is 37.9 Å². The number of carbonyl (C=O) groups excluding carboxylic acids is 1. The third kappa shape index (κ3) is 3.44. The number of hydrogen-bond donors (Lipinski definition) is 1. The van der Waals surface area contributed by atoms with Crippen LogP contribution in [0.4, 0.5) is 0 Å². The Morgan fingerprint density at radius 1 is 1.00 bits per heavy atom. The molecule has 6 nitrogen and oxygen atoms in total. The molecule has 0 heterocycles. The third-order valence-corrected chi connectivity index (χ3v) is 3.85. The van der Waals surface area contributed by atoms with Gasteiger partial charge in [0.25, 0.3) is 0 Å². The van der Waals surface area contributed by atoms with E-state index in [0.717, 1.165) is 12.8 Å². The van der Waals surface area contributed by atoms with Gasteiger partial charge in [0.2, 0.25) is 0 Å².